The van der Waals surface area contributed by atoms with Crippen molar-refractivity contribution in [3.63, 3.8) is 0 Å². The van der Waals surface area contributed by atoms with E-state index < -0.39 is 11.9 Å². The molecule has 0 aliphatic rings. The zero-order chi connectivity index (χ0) is 18.1. The third-order valence-electron chi connectivity index (χ3n) is 4.19. The number of amides is 1. The van der Waals surface area contributed by atoms with Gasteiger partial charge in [0.1, 0.15) is 0 Å². The Morgan fingerprint density at radius 3 is 2.40 bits per heavy atom. The van der Waals surface area contributed by atoms with Gasteiger partial charge in [-0.1, -0.05) is 24.3 Å². The molecule has 6 heteroatoms. The molecule has 1 aromatic heterocycles. The molecule has 0 radical (unpaired) electrons. The van der Waals surface area contributed by atoms with Gasteiger partial charge in [-0.05, 0) is 43.2 Å². The molecule has 126 valence electrons. The van der Waals surface area contributed by atoms with Crippen molar-refractivity contribution in [1.29, 1.82) is 5.41 Å². The molecular weight excluding hydrogens is 316 g/mol. The van der Waals surface area contributed by atoms with Crippen molar-refractivity contribution in [2.24, 2.45) is 5.73 Å². The Kier molecular flexibility index (Phi) is 4.10. The smallest absolute Gasteiger partial charge is 0.262 e. The predicted molar refractivity (Wildman–Crippen MR) is 98.4 cm³/mol. The van der Waals surface area contributed by atoms with Crippen LogP contribution in [0.2, 0.25) is 0 Å². The summed E-state index contributed by atoms with van der Waals surface area (Å²) >= 11 is 0. The maximum Gasteiger partial charge on any atom is 0.262 e. The number of benzene rings is 2. The zero-order valence-corrected chi connectivity index (χ0v) is 14.0. The molecular formula is C19H18N4O2. The van der Waals surface area contributed by atoms with Gasteiger partial charge in [0.15, 0.2) is 5.96 Å². The number of hydrogen-bond donors (Lipinski definition) is 3. The van der Waals surface area contributed by atoms with Crippen molar-refractivity contribution in [1.82, 2.24) is 9.88 Å². The molecule has 0 unspecified atom stereocenters. The van der Waals surface area contributed by atoms with Crippen molar-refractivity contribution < 1.29 is 4.79 Å². The number of carbonyl (C=O) groups is 1. The second-order valence-electron chi connectivity index (χ2n) is 5.90. The number of aromatic nitrogens is 1. The lowest BCUT2D eigenvalue weighted by molar-refractivity contribution is 0.0977. The van der Waals surface area contributed by atoms with E-state index in [1.165, 1.54) is 10.8 Å². The number of carbonyl (C=O) groups excluding carboxylic acids is 1. The Balaban J connectivity index is 2.31. The number of nitrogens with two attached hydrogens (primary N) is 1. The first kappa shape index (κ1) is 16.4. The number of fused-ring (bicyclic) bond motifs is 1. The summed E-state index contributed by atoms with van der Waals surface area (Å²) in [5.74, 6) is -0.973. The van der Waals surface area contributed by atoms with Gasteiger partial charge < -0.3 is 5.73 Å². The van der Waals surface area contributed by atoms with Crippen LogP contribution in [0.15, 0.2) is 53.5 Å². The molecule has 0 fully saturated rings. The fourth-order valence-electron chi connectivity index (χ4n) is 2.73. The molecule has 0 saturated carbocycles. The van der Waals surface area contributed by atoms with E-state index in [-0.39, 0.29) is 11.1 Å². The molecule has 3 rings (SSSR count). The van der Waals surface area contributed by atoms with Crippen LogP contribution in [0.3, 0.4) is 0 Å². The molecule has 0 aliphatic carbocycles. The fraction of sp³-hybridized carbons (Fsp3) is 0.105. The van der Waals surface area contributed by atoms with E-state index in [0.29, 0.717) is 16.5 Å². The van der Waals surface area contributed by atoms with E-state index in [2.05, 4.69) is 5.32 Å². The first-order valence-corrected chi connectivity index (χ1v) is 7.76. The number of nitrogens with one attached hydrogen (secondary N) is 2. The summed E-state index contributed by atoms with van der Waals surface area (Å²) in [7, 11) is 0. The predicted octanol–water partition coefficient (Wildman–Crippen LogP) is 2.23. The van der Waals surface area contributed by atoms with Crippen molar-refractivity contribution in [2.75, 3.05) is 0 Å². The van der Waals surface area contributed by atoms with Crippen molar-refractivity contribution >= 4 is 22.6 Å². The van der Waals surface area contributed by atoms with Crippen molar-refractivity contribution in [3.05, 3.63) is 75.7 Å². The van der Waals surface area contributed by atoms with Crippen LogP contribution < -0.4 is 16.6 Å². The Bertz CT molecular complexity index is 1070. The number of nitrogens with zero attached hydrogens (tertiary/aromatic N) is 1. The Morgan fingerprint density at radius 1 is 1.08 bits per heavy atom. The summed E-state index contributed by atoms with van der Waals surface area (Å²) in [6.45, 7) is 3.96. The lowest BCUT2D eigenvalue weighted by Gasteiger charge is -2.13. The highest BCUT2D eigenvalue weighted by Gasteiger charge is 2.16. The topological polar surface area (TPSA) is 101 Å². The summed E-state index contributed by atoms with van der Waals surface area (Å²) in [6, 6.07) is 12.6. The van der Waals surface area contributed by atoms with E-state index in [1.807, 2.05) is 32.0 Å². The van der Waals surface area contributed by atoms with Crippen LogP contribution in [0.1, 0.15) is 21.5 Å². The molecule has 0 atom stereocenters. The standard InChI is InChI=1S/C19H18N4O2/c1-11-7-8-13(9-12(11)2)23-10-16(17(24)22-19(20)21)14-5-3-4-6-15(14)18(23)25/h3-10H,1-2H3,(H4,20,21,22,24). The monoisotopic (exact) mass is 334 g/mol. The van der Waals surface area contributed by atoms with Crippen molar-refractivity contribution in [3.8, 4) is 5.69 Å². The minimum atomic E-state index is -0.527. The molecule has 3 aromatic rings. The highest BCUT2D eigenvalue weighted by Crippen LogP contribution is 2.19. The average molecular weight is 334 g/mol. The van der Waals surface area contributed by atoms with Crippen LogP contribution in [-0.4, -0.2) is 16.4 Å². The first-order valence-electron chi connectivity index (χ1n) is 7.76. The molecule has 2 aromatic carbocycles. The van der Waals surface area contributed by atoms with Crippen LogP contribution in [-0.2, 0) is 0 Å². The van der Waals surface area contributed by atoms with Crippen LogP contribution >= 0.6 is 0 Å². The van der Waals surface area contributed by atoms with Gasteiger partial charge in [-0.3, -0.25) is 24.9 Å². The molecule has 0 saturated heterocycles. The number of pyridine rings is 1. The summed E-state index contributed by atoms with van der Waals surface area (Å²) in [4.78, 5) is 25.3. The van der Waals surface area contributed by atoms with Gasteiger partial charge in [0, 0.05) is 22.7 Å². The van der Waals surface area contributed by atoms with Gasteiger partial charge in [0.2, 0.25) is 0 Å². The molecule has 1 heterocycles. The number of hydrogen-bond acceptors (Lipinski definition) is 3. The summed E-state index contributed by atoms with van der Waals surface area (Å²) in [5.41, 5.74) is 8.19. The summed E-state index contributed by atoms with van der Waals surface area (Å²) in [5, 5.41) is 10.5. The molecule has 0 aliphatic heterocycles. The lowest BCUT2D eigenvalue weighted by Crippen LogP contribution is -2.36. The second-order valence-corrected chi connectivity index (χ2v) is 5.90. The minimum absolute atomic E-state index is 0.210. The van der Waals surface area contributed by atoms with Gasteiger partial charge in [0.25, 0.3) is 11.5 Å². The SMILES string of the molecule is Cc1ccc(-n2cc(C(=O)NC(=N)N)c3ccccc3c2=O)cc1C. The molecule has 6 nitrogen and oxygen atoms in total. The number of aryl methyl sites for hydroxylation is 2. The zero-order valence-electron chi connectivity index (χ0n) is 14.0. The molecule has 0 spiro atoms. The van der Waals surface area contributed by atoms with Gasteiger partial charge >= 0.3 is 0 Å². The van der Waals surface area contributed by atoms with Gasteiger partial charge in [-0.25, -0.2) is 0 Å². The summed E-state index contributed by atoms with van der Waals surface area (Å²) < 4.78 is 1.45. The Hall–Kier alpha value is -3.41. The first-order chi connectivity index (χ1) is 11.9. The highest BCUT2D eigenvalue weighted by atomic mass is 16.2. The molecule has 1 amide bonds. The molecule has 0 bridgehead atoms. The normalized spacial score (nSPS) is 10.6. The third-order valence-corrected chi connectivity index (χ3v) is 4.19. The quantitative estimate of drug-likeness (QED) is 0.495. The van der Waals surface area contributed by atoms with Crippen molar-refractivity contribution in [2.45, 2.75) is 13.8 Å². The van der Waals surface area contributed by atoms with Crippen LogP contribution in [0.25, 0.3) is 16.5 Å². The minimum Gasteiger partial charge on any atom is -0.370 e. The third kappa shape index (κ3) is 3.01. The van der Waals surface area contributed by atoms with E-state index >= 15 is 0 Å². The Morgan fingerprint density at radius 2 is 1.76 bits per heavy atom. The van der Waals surface area contributed by atoms with Crippen LogP contribution in [0, 0.1) is 19.3 Å². The average Bonchev–Trinajstić information content (AvgIpc) is 2.57. The molecule has 25 heavy (non-hydrogen) atoms. The maximum atomic E-state index is 12.9. The fourth-order valence-corrected chi connectivity index (χ4v) is 2.73. The Labute approximate surface area is 144 Å². The van der Waals surface area contributed by atoms with E-state index in [4.69, 9.17) is 11.1 Å². The number of guanidine groups is 1. The molecule has 4 N–H and O–H groups in total. The van der Waals surface area contributed by atoms with E-state index in [1.54, 1.807) is 24.3 Å². The lowest BCUT2D eigenvalue weighted by atomic mass is 10.1. The largest absolute Gasteiger partial charge is 0.370 e. The van der Waals surface area contributed by atoms with Gasteiger partial charge in [-0.15, -0.1) is 0 Å². The maximum absolute atomic E-state index is 12.9. The number of rotatable bonds is 2. The second kappa shape index (κ2) is 6.24. The summed E-state index contributed by atoms with van der Waals surface area (Å²) in [6.07, 6.45) is 1.49. The van der Waals surface area contributed by atoms with E-state index in [0.717, 1.165) is 11.1 Å². The van der Waals surface area contributed by atoms with Gasteiger partial charge in [0.05, 0.1) is 5.56 Å². The van der Waals surface area contributed by atoms with Gasteiger partial charge in [-0.2, -0.15) is 0 Å². The van der Waals surface area contributed by atoms with E-state index in [9.17, 15) is 9.59 Å². The highest BCUT2D eigenvalue weighted by molar-refractivity contribution is 6.11. The van der Waals surface area contributed by atoms with Crippen LogP contribution in [0.5, 0.6) is 0 Å². The van der Waals surface area contributed by atoms with Crippen LogP contribution in [0.4, 0.5) is 0 Å².